The van der Waals surface area contributed by atoms with Gasteiger partial charge in [0.15, 0.2) is 0 Å². The maximum atomic E-state index is 12.1. The van der Waals surface area contributed by atoms with Gasteiger partial charge in [-0.25, -0.2) is 0 Å². The summed E-state index contributed by atoms with van der Waals surface area (Å²) in [5.41, 5.74) is -0.764. The minimum atomic E-state index is -0.933. The molecule has 1 heterocycles. The molecule has 2 N–H and O–H groups in total. The minimum Gasteiger partial charge on any atom is -0.389 e. The Labute approximate surface area is 88.7 Å². The van der Waals surface area contributed by atoms with Crippen LogP contribution >= 0.6 is 0 Å². The van der Waals surface area contributed by atoms with Crippen molar-refractivity contribution in [2.45, 2.75) is 49.7 Å². The van der Waals surface area contributed by atoms with Gasteiger partial charge in [0, 0.05) is 22.6 Å². The Kier molecular flexibility index (Phi) is 4.10. The third-order valence-corrected chi connectivity index (χ3v) is 5.44. The molecule has 4 unspecified atom stereocenters. The predicted molar refractivity (Wildman–Crippen MR) is 59.8 cm³/mol. The molecule has 0 aromatic carbocycles. The average Bonchev–Trinajstić information content (AvgIpc) is 2.15. The fraction of sp³-hybridized carbons (Fsp3) is 1.00. The lowest BCUT2D eigenvalue weighted by Gasteiger charge is -2.37. The summed E-state index contributed by atoms with van der Waals surface area (Å²) >= 11 is 0. The second-order valence-electron chi connectivity index (χ2n) is 4.35. The fourth-order valence-corrected chi connectivity index (χ4v) is 3.52. The molecular formula is C10H21NO2S. The number of aliphatic hydroxyl groups is 1. The number of nitrogens with one attached hydrogen (secondary N) is 1. The first-order valence-electron chi connectivity index (χ1n) is 5.31. The molecule has 0 saturated carbocycles. The lowest BCUT2D eigenvalue weighted by Crippen LogP contribution is -2.55. The Balaban J connectivity index is 2.69. The van der Waals surface area contributed by atoms with Crippen LogP contribution in [0.2, 0.25) is 0 Å². The molecule has 0 spiro atoms. The van der Waals surface area contributed by atoms with E-state index in [-0.39, 0.29) is 10.5 Å². The summed E-state index contributed by atoms with van der Waals surface area (Å²) < 4.78 is 12.1. The van der Waals surface area contributed by atoms with E-state index in [1.807, 2.05) is 13.8 Å². The summed E-state index contributed by atoms with van der Waals surface area (Å²) in [7, 11) is -0.933. The molecule has 4 heteroatoms. The molecule has 0 aromatic rings. The van der Waals surface area contributed by atoms with Crippen molar-refractivity contribution in [2.75, 3.05) is 13.1 Å². The Bertz CT molecular complexity index is 218. The molecule has 1 aliphatic heterocycles. The van der Waals surface area contributed by atoms with Gasteiger partial charge in [0.25, 0.3) is 0 Å². The zero-order chi connectivity index (χ0) is 10.8. The molecule has 1 fully saturated rings. The monoisotopic (exact) mass is 219 g/mol. The summed E-state index contributed by atoms with van der Waals surface area (Å²) in [5.74, 6) is 0. The van der Waals surface area contributed by atoms with E-state index in [4.69, 9.17) is 0 Å². The van der Waals surface area contributed by atoms with Crippen molar-refractivity contribution >= 4 is 10.8 Å². The summed E-state index contributed by atoms with van der Waals surface area (Å²) in [4.78, 5) is 0. The Hall–Kier alpha value is 0.0700. The van der Waals surface area contributed by atoms with E-state index in [9.17, 15) is 9.32 Å². The molecule has 0 aliphatic carbocycles. The third kappa shape index (κ3) is 2.55. The van der Waals surface area contributed by atoms with Gasteiger partial charge in [-0.15, -0.1) is 0 Å². The van der Waals surface area contributed by atoms with Crippen LogP contribution in [0.25, 0.3) is 0 Å². The normalized spacial score (nSPS) is 37.9. The highest BCUT2D eigenvalue weighted by Gasteiger charge is 2.39. The molecule has 84 valence electrons. The Morgan fingerprint density at radius 3 is 2.86 bits per heavy atom. The standard InChI is InChI=1S/C10H21NO2S/c1-4-8(2)14(13)9-7-11-6-5-10(9,3)12/h8-9,11-12H,4-7H2,1-3H3. The van der Waals surface area contributed by atoms with E-state index in [1.54, 1.807) is 6.92 Å². The third-order valence-electron chi connectivity index (χ3n) is 3.08. The van der Waals surface area contributed by atoms with Crippen LogP contribution in [0, 0.1) is 0 Å². The largest absolute Gasteiger partial charge is 0.389 e. The molecule has 1 rings (SSSR count). The van der Waals surface area contributed by atoms with Gasteiger partial charge in [0.2, 0.25) is 0 Å². The zero-order valence-electron chi connectivity index (χ0n) is 9.25. The molecule has 14 heavy (non-hydrogen) atoms. The number of piperidine rings is 1. The molecule has 0 radical (unpaired) electrons. The van der Waals surface area contributed by atoms with Crippen LogP contribution in [-0.4, -0.2) is 38.5 Å². The van der Waals surface area contributed by atoms with E-state index in [2.05, 4.69) is 5.32 Å². The predicted octanol–water partition coefficient (Wildman–Crippen LogP) is 0.646. The van der Waals surface area contributed by atoms with Gasteiger partial charge in [-0.1, -0.05) is 13.8 Å². The number of rotatable bonds is 3. The SMILES string of the molecule is CCC(C)S(=O)C1CNCCC1(C)O. The van der Waals surface area contributed by atoms with Crippen LogP contribution in [0.5, 0.6) is 0 Å². The van der Waals surface area contributed by atoms with Gasteiger partial charge in [-0.3, -0.25) is 4.21 Å². The summed E-state index contributed by atoms with van der Waals surface area (Å²) in [6, 6.07) is 0. The molecule has 1 saturated heterocycles. The molecular weight excluding hydrogens is 198 g/mol. The Morgan fingerprint density at radius 2 is 2.36 bits per heavy atom. The summed E-state index contributed by atoms with van der Waals surface area (Å²) in [5, 5.41) is 13.4. The van der Waals surface area contributed by atoms with E-state index in [0.29, 0.717) is 13.0 Å². The highest BCUT2D eigenvalue weighted by molar-refractivity contribution is 7.86. The van der Waals surface area contributed by atoms with Crippen LogP contribution in [-0.2, 0) is 10.8 Å². The smallest absolute Gasteiger partial charge is 0.0787 e. The van der Waals surface area contributed by atoms with Crippen LogP contribution in [0.15, 0.2) is 0 Å². The molecule has 0 amide bonds. The minimum absolute atomic E-state index is 0.119. The van der Waals surface area contributed by atoms with E-state index >= 15 is 0 Å². The van der Waals surface area contributed by atoms with Gasteiger partial charge >= 0.3 is 0 Å². The van der Waals surface area contributed by atoms with Crippen LogP contribution < -0.4 is 5.32 Å². The van der Waals surface area contributed by atoms with Crippen molar-refractivity contribution in [3.05, 3.63) is 0 Å². The first-order valence-corrected chi connectivity index (χ1v) is 6.59. The summed E-state index contributed by atoms with van der Waals surface area (Å²) in [6.45, 7) is 7.32. The van der Waals surface area contributed by atoms with Crippen LogP contribution in [0.1, 0.15) is 33.6 Å². The van der Waals surface area contributed by atoms with Crippen LogP contribution in [0.3, 0.4) is 0 Å². The van der Waals surface area contributed by atoms with Crippen LogP contribution in [0.4, 0.5) is 0 Å². The van der Waals surface area contributed by atoms with Crippen molar-refractivity contribution in [3.8, 4) is 0 Å². The molecule has 1 aliphatic rings. The van der Waals surface area contributed by atoms with Gasteiger partial charge in [-0.05, 0) is 26.3 Å². The Morgan fingerprint density at radius 1 is 1.71 bits per heavy atom. The lowest BCUT2D eigenvalue weighted by atomic mass is 9.94. The van der Waals surface area contributed by atoms with Gasteiger partial charge in [-0.2, -0.15) is 0 Å². The quantitative estimate of drug-likeness (QED) is 0.732. The van der Waals surface area contributed by atoms with E-state index in [0.717, 1.165) is 13.0 Å². The second-order valence-corrected chi connectivity index (χ2v) is 6.38. The van der Waals surface area contributed by atoms with Crippen molar-refractivity contribution in [3.63, 3.8) is 0 Å². The van der Waals surface area contributed by atoms with Gasteiger partial charge < -0.3 is 10.4 Å². The lowest BCUT2D eigenvalue weighted by molar-refractivity contribution is 0.0339. The van der Waals surface area contributed by atoms with E-state index in [1.165, 1.54) is 0 Å². The van der Waals surface area contributed by atoms with Crippen molar-refractivity contribution in [2.24, 2.45) is 0 Å². The maximum Gasteiger partial charge on any atom is 0.0787 e. The van der Waals surface area contributed by atoms with Crippen molar-refractivity contribution in [1.29, 1.82) is 0 Å². The first kappa shape index (κ1) is 12.1. The van der Waals surface area contributed by atoms with Crippen molar-refractivity contribution in [1.82, 2.24) is 5.32 Å². The fourth-order valence-electron chi connectivity index (χ4n) is 1.73. The highest BCUT2D eigenvalue weighted by Crippen LogP contribution is 2.24. The zero-order valence-corrected chi connectivity index (χ0v) is 10.1. The number of hydrogen-bond donors (Lipinski definition) is 2. The van der Waals surface area contributed by atoms with E-state index < -0.39 is 16.4 Å². The van der Waals surface area contributed by atoms with Gasteiger partial charge in [0.1, 0.15) is 0 Å². The molecule has 4 atom stereocenters. The second kappa shape index (κ2) is 4.73. The first-order chi connectivity index (χ1) is 6.49. The molecule has 3 nitrogen and oxygen atoms in total. The maximum absolute atomic E-state index is 12.1. The average molecular weight is 219 g/mol. The summed E-state index contributed by atoms with van der Waals surface area (Å²) in [6.07, 6.45) is 1.60. The highest BCUT2D eigenvalue weighted by atomic mass is 32.2. The number of hydrogen-bond acceptors (Lipinski definition) is 3. The molecule has 0 aromatic heterocycles. The molecule has 0 bridgehead atoms. The topological polar surface area (TPSA) is 49.3 Å². The van der Waals surface area contributed by atoms with Gasteiger partial charge in [0.05, 0.1) is 10.9 Å². The van der Waals surface area contributed by atoms with Crippen molar-refractivity contribution < 1.29 is 9.32 Å².